The molecule has 0 unspecified atom stereocenters. The van der Waals surface area contributed by atoms with Gasteiger partial charge in [0.25, 0.3) is 5.91 Å². The fraction of sp³-hybridized carbons (Fsp3) is 0.647. The third kappa shape index (κ3) is 3.78. The molecule has 2 aliphatic rings. The number of pyridine rings is 1. The van der Waals surface area contributed by atoms with Crippen LogP contribution in [0.15, 0.2) is 18.3 Å². The molecule has 1 N–H and O–H groups in total. The maximum absolute atomic E-state index is 12.3. The third-order valence-corrected chi connectivity index (χ3v) is 6.46. The Kier molecular flexibility index (Phi) is 4.66. The fourth-order valence-corrected chi connectivity index (χ4v) is 4.36. The van der Waals surface area contributed by atoms with E-state index in [1.165, 1.54) is 10.6 Å². The lowest BCUT2D eigenvalue weighted by Gasteiger charge is -2.39. The lowest BCUT2D eigenvalue weighted by atomic mass is 9.78. The van der Waals surface area contributed by atoms with Crippen LogP contribution in [0.2, 0.25) is 0 Å². The van der Waals surface area contributed by atoms with Crippen LogP contribution in [-0.2, 0) is 10.0 Å². The molecule has 0 aromatic carbocycles. The first kappa shape index (κ1) is 17.4. The summed E-state index contributed by atoms with van der Waals surface area (Å²) in [6.45, 7) is 3.11. The molecule has 1 saturated heterocycles. The SMILES string of the molecule is CC1(NC(=O)c2ccc([C@H]3CCCN(S(C)(=O)=O)C3)nc2)CCC1. The Morgan fingerprint density at radius 2 is 2.08 bits per heavy atom. The smallest absolute Gasteiger partial charge is 0.253 e. The van der Waals surface area contributed by atoms with Crippen LogP contribution in [0.4, 0.5) is 0 Å². The molecule has 0 bridgehead atoms. The highest BCUT2D eigenvalue weighted by atomic mass is 32.2. The van der Waals surface area contributed by atoms with Crippen LogP contribution in [-0.4, -0.2) is 48.5 Å². The standard InChI is InChI=1S/C17H25N3O3S/c1-17(8-4-9-17)19-16(21)13-6-7-15(18-11-13)14-5-3-10-20(12-14)24(2,22)23/h6-7,11,14H,3-5,8-10,12H2,1-2H3,(H,19,21)/t14-/m0/s1. The van der Waals surface area contributed by atoms with Gasteiger partial charge in [-0.05, 0) is 51.2 Å². The molecule has 7 heteroatoms. The van der Waals surface area contributed by atoms with E-state index < -0.39 is 10.0 Å². The summed E-state index contributed by atoms with van der Waals surface area (Å²) in [6.07, 6.45) is 7.81. The Morgan fingerprint density at radius 1 is 1.33 bits per heavy atom. The number of piperidine rings is 1. The molecule has 6 nitrogen and oxygen atoms in total. The predicted molar refractivity (Wildman–Crippen MR) is 92.4 cm³/mol. The van der Waals surface area contributed by atoms with E-state index in [1.54, 1.807) is 12.3 Å². The van der Waals surface area contributed by atoms with E-state index in [2.05, 4.69) is 17.2 Å². The summed E-state index contributed by atoms with van der Waals surface area (Å²) < 4.78 is 25.0. The Morgan fingerprint density at radius 3 is 2.62 bits per heavy atom. The van der Waals surface area contributed by atoms with Crippen molar-refractivity contribution in [3.05, 3.63) is 29.6 Å². The van der Waals surface area contributed by atoms with Crippen LogP contribution in [0, 0.1) is 0 Å². The summed E-state index contributed by atoms with van der Waals surface area (Å²) >= 11 is 0. The molecule has 1 aromatic rings. The van der Waals surface area contributed by atoms with Gasteiger partial charge in [0.2, 0.25) is 10.0 Å². The fourth-order valence-electron chi connectivity index (χ4n) is 3.44. The van der Waals surface area contributed by atoms with Crippen molar-refractivity contribution < 1.29 is 13.2 Å². The lowest BCUT2D eigenvalue weighted by molar-refractivity contribution is 0.0850. The van der Waals surface area contributed by atoms with Gasteiger partial charge in [0.05, 0.1) is 11.8 Å². The summed E-state index contributed by atoms with van der Waals surface area (Å²) in [6, 6.07) is 3.65. The molecular weight excluding hydrogens is 326 g/mol. The van der Waals surface area contributed by atoms with Gasteiger partial charge in [-0.25, -0.2) is 12.7 Å². The minimum Gasteiger partial charge on any atom is -0.347 e. The summed E-state index contributed by atoms with van der Waals surface area (Å²) in [7, 11) is -3.16. The molecule has 24 heavy (non-hydrogen) atoms. The number of nitrogens with one attached hydrogen (secondary N) is 1. The summed E-state index contributed by atoms with van der Waals surface area (Å²) in [5.74, 6) is 0.00684. The first-order chi connectivity index (χ1) is 11.3. The van der Waals surface area contributed by atoms with Crippen LogP contribution in [0.5, 0.6) is 0 Å². The zero-order chi connectivity index (χ0) is 17.4. The topological polar surface area (TPSA) is 79.4 Å². The minimum atomic E-state index is -3.16. The number of carbonyl (C=O) groups is 1. The largest absolute Gasteiger partial charge is 0.347 e. The normalized spacial score (nSPS) is 24.2. The lowest BCUT2D eigenvalue weighted by Crippen LogP contribution is -2.50. The average molecular weight is 351 g/mol. The van der Waals surface area contributed by atoms with Gasteiger partial charge in [-0.2, -0.15) is 0 Å². The second kappa shape index (κ2) is 6.44. The second-order valence-corrected chi connectivity index (χ2v) is 9.28. The first-order valence-electron chi connectivity index (χ1n) is 8.50. The van der Waals surface area contributed by atoms with Crippen LogP contribution < -0.4 is 5.32 Å². The number of nitrogens with zero attached hydrogens (tertiary/aromatic N) is 2. The molecule has 3 rings (SSSR count). The molecule has 1 aliphatic heterocycles. The van der Waals surface area contributed by atoms with Crippen molar-refractivity contribution in [2.45, 2.75) is 50.5 Å². The van der Waals surface area contributed by atoms with Gasteiger partial charge in [0, 0.05) is 36.4 Å². The van der Waals surface area contributed by atoms with Gasteiger partial charge in [0.15, 0.2) is 0 Å². The quantitative estimate of drug-likeness (QED) is 0.898. The molecule has 1 amide bonds. The summed E-state index contributed by atoms with van der Waals surface area (Å²) in [5, 5.41) is 3.07. The number of hydrogen-bond donors (Lipinski definition) is 1. The highest BCUT2D eigenvalue weighted by molar-refractivity contribution is 7.88. The highest BCUT2D eigenvalue weighted by Crippen LogP contribution is 2.31. The molecule has 1 aromatic heterocycles. The molecule has 1 aliphatic carbocycles. The number of hydrogen-bond acceptors (Lipinski definition) is 4. The molecule has 1 saturated carbocycles. The number of amides is 1. The van der Waals surface area contributed by atoms with Crippen molar-refractivity contribution in [2.24, 2.45) is 0 Å². The maximum Gasteiger partial charge on any atom is 0.253 e. The second-order valence-electron chi connectivity index (χ2n) is 7.30. The number of carbonyl (C=O) groups excluding carboxylic acids is 1. The van der Waals surface area contributed by atoms with Crippen molar-refractivity contribution in [3.63, 3.8) is 0 Å². The van der Waals surface area contributed by atoms with Crippen molar-refractivity contribution in [1.82, 2.24) is 14.6 Å². The van der Waals surface area contributed by atoms with Crippen molar-refractivity contribution in [3.8, 4) is 0 Å². The monoisotopic (exact) mass is 351 g/mol. The molecule has 2 fully saturated rings. The molecular formula is C17H25N3O3S. The Balaban J connectivity index is 1.66. The van der Waals surface area contributed by atoms with Crippen LogP contribution in [0.1, 0.15) is 61.0 Å². The molecule has 132 valence electrons. The van der Waals surface area contributed by atoms with E-state index in [1.807, 2.05) is 6.07 Å². The minimum absolute atomic E-state index is 0.0743. The van der Waals surface area contributed by atoms with Crippen molar-refractivity contribution >= 4 is 15.9 Å². The molecule has 2 heterocycles. The molecule has 0 spiro atoms. The van der Waals surface area contributed by atoms with E-state index in [9.17, 15) is 13.2 Å². The van der Waals surface area contributed by atoms with Crippen molar-refractivity contribution in [2.75, 3.05) is 19.3 Å². The Bertz CT molecular complexity index is 711. The molecule has 1 atom stereocenters. The van der Waals surface area contributed by atoms with Crippen LogP contribution >= 0.6 is 0 Å². The zero-order valence-electron chi connectivity index (χ0n) is 14.3. The molecule has 0 radical (unpaired) electrons. The van der Waals surface area contributed by atoms with E-state index in [0.29, 0.717) is 18.7 Å². The Labute approximate surface area is 143 Å². The third-order valence-electron chi connectivity index (χ3n) is 5.19. The van der Waals surface area contributed by atoms with Gasteiger partial charge in [0.1, 0.15) is 0 Å². The van der Waals surface area contributed by atoms with E-state index in [0.717, 1.165) is 37.8 Å². The van der Waals surface area contributed by atoms with Gasteiger partial charge in [-0.3, -0.25) is 9.78 Å². The van der Waals surface area contributed by atoms with Crippen LogP contribution in [0.3, 0.4) is 0 Å². The number of sulfonamides is 1. The van der Waals surface area contributed by atoms with E-state index in [4.69, 9.17) is 0 Å². The van der Waals surface area contributed by atoms with Crippen molar-refractivity contribution in [1.29, 1.82) is 0 Å². The van der Waals surface area contributed by atoms with E-state index >= 15 is 0 Å². The summed E-state index contributed by atoms with van der Waals surface area (Å²) in [4.78, 5) is 16.7. The summed E-state index contributed by atoms with van der Waals surface area (Å²) in [5.41, 5.74) is 1.34. The first-order valence-corrected chi connectivity index (χ1v) is 10.4. The predicted octanol–water partition coefficient (Wildman–Crippen LogP) is 1.89. The highest BCUT2D eigenvalue weighted by Gasteiger charge is 2.33. The Hall–Kier alpha value is -1.47. The maximum atomic E-state index is 12.3. The zero-order valence-corrected chi connectivity index (χ0v) is 15.1. The van der Waals surface area contributed by atoms with Gasteiger partial charge >= 0.3 is 0 Å². The number of aromatic nitrogens is 1. The van der Waals surface area contributed by atoms with E-state index in [-0.39, 0.29) is 17.4 Å². The van der Waals surface area contributed by atoms with Gasteiger partial charge in [-0.15, -0.1) is 0 Å². The van der Waals surface area contributed by atoms with Gasteiger partial charge < -0.3 is 5.32 Å². The number of rotatable bonds is 4. The average Bonchev–Trinajstić information content (AvgIpc) is 2.53. The van der Waals surface area contributed by atoms with Crippen LogP contribution in [0.25, 0.3) is 0 Å². The van der Waals surface area contributed by atoms with Gasteiger partial charge in [-0.1, -0.05) is 0 Å².